The number of nitrogens with two attached hydrogens (primary N) is 1. The second-order valence-corrected chi connectivity index (χ2v) is 2.88. The normalized spacial score (nSPS) is 12.5. The van der Waals surface area contributed by atoms with E-state index in [9.17, 15) is 0 Å². The van der Waals surface area contributed by atoms with Gasteiger partial charge in [-0.25, -0.2) is 0 Å². The van der Waals surface area contributed by atoms with E-state index in [1.807, 2.05) is 24.3 Å². The van der Waals surface area contributed by atoms with Crippen molar-refractivity contribution in [2.45, 2.75) is 12.8 Å². The van der Waals surface area contributed by atoms with Crippen LogP contribution >= 0.6 is 0 Å². The molecule has 0 aliphatic carbocycles. The zero-order valence-corrected chi connectivity index (χ0v) is 8.82. The molecule has 15 heavy (non-hydrogen) atoms. The van der Waals surface area contributed by atoms with Gasteiger partial charge in [-0.05, 0) is 24.5 Å². The maximum Gasteiger partial charge on any atom is 0.117 e. The van der Waals surface area contributed by atoms with Crippen LogP contribution < -0.4 is 5.73 Å². The van der Waals surface area contributed by atoms with E-state index in [4.69, 9.17) is 11.0 Å². The van der Waals surface area contributed by atoms with E-state index in [-0.39, 0.29) is 5.70 Å². The molecule has 0 spiro atoms. The Bertz CT molecular complexity index is 338. The zero-order valence-electron chi connectivity index (χ0n) is 8.82. The SMILES string of the molecule is C=C/C=C\CC/C(C=C)=C/C=C(\N)C#N. The molecule has 0 amide bonds. The third-order valence-corrected chi connectivity index (χ3v) is 1.74. The average Bonchev–Trinajstić information content (AvgIpc) is 2.27. The van der Waals surface area contributed by atoms with Gasteiger partial charge in [0, 0.05) is 0 Å². The van der Waals surface area contributed by atoms with E-state index >= 15 is 0 Å². The molecule has 2 heteroatoms. The molecule has 0 aromatic heterocycles. The standard InChI is InChI=1S/C13H16N2/c1-3-5-6-7-8-12(4-2)9-10-13(15)11-14/h3-6,9-10H,1-2,7-8,15H2/b6-5-,12-9+,13-10-. The highest BCUT2D eigenvalue weighted by molar-refractivity contribution is 5.28. The smallest absolute Gasteiger partial charge is 0.117 e. The van der Waals surface area contributed by atoms with E-state index in [0.717, 1.165) is 18.4 Å². The van der Waals surface area contributed by atoms with Gasteiger partial charge in [-0.3, -0.25) is 0 Å². The number of nitrogens with zero attached hydrogens (tertiary/aromatic N) is 1. The molecule has 0 unspecified atom stereocenters. The van der Waals surface area contributed by atoms with Crippen LogP contribution in [0.5, 0.6) is 0 Å². The number of nitriles is 1. The van der Waals surface area contributed by atoms with Crippen LogP contribution in [0.4, 0.5) is 0 Å². The van der Waals surface area contributed by atoms with Crippen LogP contribution in [0.1, 0.15) is 12.8 Å². The molecule has 0 aromatic carbocycles. The van der Waals surface area contributed by atoms with E-state index in [1.54, 1.807) is 18.2 Å². The largest absolute Gasteiger partial charge is 0.390 e. The van der Waals surface area contributed by atoms with Crippen molar-refractivity contribution in [2.24, 2.45) is 5.73 Å². The summed E-state index contributed by atoms with van der Waals surface area (Å²) in [4.78, 5) is 0. The van der Waals surface area contributed by atoms with Crippen LogP contribution in [0.3, 0.4) is 0 Å². The second kappa shape index (κ2) is 8.58. The van der Waals surface area contributed by atoms with Crippen LogP contribution in [0.2, 0.25) is 0 Å². The average molecular weight is 200 g/mol. The highest BCUT2D eigenvalue weighted by atomic mass is 14.6. The minimum atomic E-state index is 0.205. The Morgan fingerprint density at radius 3 is 2.60 bits per heavy atom. The van der Waals surface area contributed by atoms with Crippen LogP contribution in [0.25, 0.3) is 0 Å². The molecule has 0 rings (SSSR count). The van der Waals surface area contributed by atoms with Crippen molar-refractivity contribution >= 4 is 0 Å². The summed E-state index contributed by atoms with van der Waals surface area (Å²) < 4.78 is 0. The highest BCUT2D eigenvalue weighted by Crippen LogP contribution is 2.07. The second-order valence-electron chi connectivity index (χ2n) is 2.88. The van der Waals surface area contributed by atoms with Crippen molar-refractivity contribution in [3.05, 3.63) is 60.9 Å². The van der Waals surface area contributed by atoms with Crippen molar-refractivity contribution in [1.29, 1.82) is 5.26 Å². The summed E-state index contributed by atoms with van der Waals surface area (Å²) in [5.41, 5.74) is 6.61. The minimum absolute atomic E-state index is 0.205. The molecule has 2 nitrogen and oxygen atoms in total. The lowest BCUT2D eigenvalue weighted by Gasteiger charge is -1.96. The number of allylic oxidation sites excluding steroid dienone is 8. The molecule has 0 radical (unpaired) electrons. The maximum atomic E-state index is 8.45. The third-order valence-electron chi connectivity index (χ3n) is 1.74. The highest BCUT2D eigenvalue weighted by Gasteiger charge is 1.89. The van der Waals surface area contributed by atoms with Gasteiger partial charge in [0.05, 0.1) is 0 Å². The van der Waals surface area contributed by atoms with Gasteiger partial charge in [0.1, 0.15) is 11.8 Å². The maximum absolute atomic E-state index is 8.45. The van der Waals surface area contributed by atoms with Gasteiger partial charge in [-0.15, -0.1) is 0 Å². The molecular formula is C13H16N2. The van der Waals surface area contributed by atoms with E-state index < -0.39 is 0 Å². The van der Waals surface area contributed by atoms with Gasteiger partial charge in [0.2, 0.25) is 0 Å². The van der Waals surface area contributed by atoms with Crippen molar-refractivity contribution in [1.82, 2.24) is 0 Å². The summed E-state index contributed by atoms with van der Waals surface area (Å²) in [5.74, 6) is 0. The van der Waals surface area contributed by atoms with Crippen molar-refractivity contribution in [3.63, 3.8) is 0 Å². The molecule has 0 fully saturated rings. The first kappa shape index (κ1) is 13.0. The molecule has 0 bridgehead atoms. The van der Waals surface area contributed by atoms with Crippen molar-refractivity contribution in [2.75, 3.05) is 0 Å². The molecule has 2 N–H and O–H groups in total. The van der Waals surface area contributed by atoms with Gasteiger partial charge in [-0.2, -0.15) is 5.26 Å². The first-order valence-corrected chi connectivity index (χ1v) is 4.71. The van der Waals surface area contributed by atoms with Crippen molar-refractivity contribution in [3.8, 4) is 6.07 Å². The number of hydrogen-bond acceptors (Lipinski definition) is 2. The lowest BCUT2D eigenvalue weighted by atomic mass is 10.1. The summed E-state index contributed by atoms with van der Waals surface area (Å²) in [6, 6.07) is 1.85. The van der Waals surface area contributed by atoms with Gasteiger partial charge in [-0.1, -0.05) is 43.5 Å². The van der Waals surface area contributed by atoms with Gasteiger partial charge < -0.3 is 5.73 Å². The van der Waals surface area contributed by atoms with Crippen molar-refractivity contribution < 1.29 is 0 Å². The monoisotopic (exact) mass is 200 g/mol. The molecule has 78 valence electrons. The quantitative estimate of drug-likeness (QED) is 0.529. The lowest BCUT2D eigenvalue weighted by molar-refractivity contribution is 1.01. The van der Waals surface area contributed by atoms with E-state index in [2.05, 4.69) is 13.2 Å². The third kappa shape index (κ3) is 7.09. The summed E-state index contributed by atoms with van der Waals surface area (Å²) in [6.07, 6.45) is 12.6. The topological polar surface area (TPSA) is 49.8 Å². The Balaban J connectivity index is 4.26. The molecule has 0 heterocycles. The summed E-state index contributed by atoms with van der Waals surface area (Å²) in [6.45, 7) is 7.28. The van der Waals surface area contributed by atoms with Crippen LogP contribution in [-0.4, -0.2) is 0 Å². The Morgan fingerprint density at radius 1 is 1.33 bits per heavy atom. The molecular weight excluding hydrogens is 184 g/mol. The predicted molar refractivity (Wildman–Crippen MR) is 64.7 cm³/mol. The first-order valence-electron chi connectivity index (χ1n) is 4.71. The molecule has 0 aliphatic heterocycles. The number of hydrogen-bond donors (Lipinski definition) is 1. The van der Waals surface area contributed by atoms with Gasteiger partial charge >= 0.3 is 0 Å². The van der Waals surface area contributed by atoms with Crippen LogP contribution in [-0.2, 0) is 0 Å². The molecule has 0 saturated carbocycles. The molecule has 0 aromatic rings. The molecule has 0 saturated heterocycles. The lowest BCUT2D eigenvalue weighted by Crippen LogP contribution is -1.91. The van der Waals surface area contributed by atoms with Gasteiger partial charge in [0.25, 0.3) is 0 Å². The minimum Gasteiger partial charge on any atom is -0.390 e. The number of rotatable bonds is 6. The Morgan fingerprint density at radius 2 is 2.07 bits per heavy atom. The van der Waals surface area contributed by atoms with Crippen LogP contribution in [0, 0.1) is 11.3 Å². The fraction of sp³-hybridized carbons (Fsp3) is 0.154. The first-order chi connectivity index (χ1) is 7.24. The fourth-order valence-electron chi connectivity index (χ4n) is 0.930. The molecule has 0 aliphatic rings. The fourth-order valence-corrected chi connectivity index (χ4v) is 0.930. The Labute approximate surface area is 91.4 Å². The van der Waals surface area contributed by atoms with E-state index in [0.29, 0.717) is 0 Å². The summed E-state index contributed by atoms with van der Waals surface area (Å²) >= 11 is 0. The summed E-state index contributed by atoms with van der Waals surface area (Å²) in [5, 5.41) is 8.45. The van der Waals surface area contributed by atoms with Crippen LogP contribution in [0.15, 0.2) is 60.9 Å². The van der Waals surface area contributed by atoms with Gasteiger partial charge in [0.15, 0.2) is 0 Å². The zero-order chi connectivity index (χ0) is 11.5. The summed E-state index contributed by atoms with van der Waals surface area (Å²) in [7, 11) is 0. The van der Waals surface area contributed by atoms with E-state index in [1.165, 1.54) is 0 Å². The molecule has 0 atom stereocenters. The predicted octanol–water partition coefficient (Wildman–Crippen LogP) is 2.99. The Kier molecular flexibility index (Phi) is 7.43. The Hall–Kier alpha value is -2.01.